The summed E-state index contributed by atoms with van der Waals surface area (Å²) in [6.07, 6.45) is -5.38. The summed E-state index contributed by atoms with van der Waals surface area (Å²) in [4.78, 5) is 52.0. The third-order valence-electron chi connectivity index (χ3n) is 7.82. The van der Waals surface area contributed by atoms with E-state index >= 15 is 8.78 Å². The highest BCUT2D eigenvalue weighted by Gasteiger charge is 2.61. The molecular formula is C25H34F6N4O6S. The van der Waals surface area contributed by atoms with Gasteiger partial charge in [-0.1, -0.05) is 20.8 Å². The quantitative estimate of drug-likeness (QED) is 0.350. The van der Waals surface area contributed by atoms with E-state index in [1.165, 1.54) is 20.8 Å². The molecule has 4 fully saturated rings. The fourth-order valence-electron chi connectivity index (χ4n) is 5.73. The highest BCUT2D eigenvalue weighted by molar-refractivity contribution is 7.94. The molecular weight excluding hydrogens is 598 g/mol. The molecule has 4 rings (SSSR count). The second kappa shape index (κ2) is 11.7. The van der Waals surface area contributed by atoms with Crippen LogP contribution in [0.15, 0.2) is 11.2 Å². The Hall–Kier alpha value is -2.85. The van der Waals surface area contributed by atoms with Gasteiger partial charge in [0.1, 0.15) is 12.1 Å². The molecule has 3 saturated heterocycles. The van der Waals surface area contributed by atoms with E-state index in [2.05, 4.69) is 10.6 Å². The van der Waals surface area contributed by atoms with E-state index in [-0.39, 0.29) is 32.2 Å². The van der Waals surface area contributed by atoms with Crippen LogP contribution in [0, 0.1) is 17.3 Å². The summed E-state index contributed by atoms with van der Waals surface area (Å²) in [5, 5.41) is 4.81. The van der Waals surface area contributed by atoms with Crippen molar-refractivity contribution in [3.05, 3.63) is 11.2 Å². The van der Waals surface area contributed by atoms with Crippen LogP contribution < -0.4 is 16.0 Å². The van der Waals surface area contributed by atoms with E-state index in [4.69, 9.17) is 0 Å². The lowest BCUT2D eigenvalue weighted by molar-refractivity contribution is -0.197. The Kier molecular flexibility index (Phi) is 9.36. The number of hydrogen-bond acceptors (Lipinski definition) is 6. The number of amides is 4. The van der Waals surface area contributed by atoms with Crippen LogP contribution in [0.3, 0.4) is 0 Å². The first kappa shape index (κ1) is 33.6. The van der Waals surface area contributed by atoms with E-state index in [1.807, 2.05) is 0 Å². The molecule has 17 heteroatoms. The van der Waals surface area contributed by atoms with Gasteiger partial charge in [0.25, 0.3) is 5.92 Å². The largest absolute Gasteiger partial charge is 0.471 e. The predicted octanol–water partition coefficient (Wildman–Crippen LogP) is 1.96. The summed E-state index contributed by atoms with van der Waals surface area (Å²) in [6.45, 7) is 4.31. The molecule has 0 radical (unpaired) electrons. The van der Waals surface area contributed by atoms with E-state index < -0.39 is 98.6 Å². The standard InChI is InChI=1S/C25H34F6N4O6S/c1-23(2,3)18(34-22(39)25(29,30)31)21(38)35-14-5-6-15(24(27,28)11-14)17(35)20(37)33-13(10-16(26)42(4,40)41)9-12-7-8-32-19(12)36/h10,12-15,17-18H,5-9,11H2,1-4H3,(H,32,36)(H,33,37)(H,34,39)/b16-10-/t12-,13+,14-,15-,17+,18+/m0/s1. The van der Waals surface area contributed by atoms with Crippen LogP contribution in [0.5, 0.6) is 0 Å². The number of rotatable bonds is 8. The molecule has 3 N–H and O–H groups in total. The monoisotopic (exact) mass is 632 g/mol. The van der Waals surface area contributed by atoms with E-state index in [9.17, 15) is 45.2 Å². The Balaban J connectivity index is 2.00. The molecule has 4 aliphatic rings. The van der Waals surface area contributed by atoms with Gasteiger partial charge in [-0.25, -0.2) is 17.2 Å². The number of nitrogens with one attached hydrogen (secondary N) is 3. The maximum Gasteiger partial charge on any atom is 0.471 e. The van der Waals surface area contributed by atoms with Crippen LogP contribution in [-0.2, 0) is 29.0 Å². The summed E-state index contributed by atoms with van der Waals surface area (Å²) >= 11 is 0. The molecule has 4 amide bonds. The van der Waals surface area contributed by atoms with Crippen LogP contribution in [0.2, 0.25) is 0 Å². The Bertz CT molecular complexity index is 1250. The smallest absolute Gasteiger partial charge is 0.356 e. The Morgan fingerprint density at radius 1 is 1.12 bits per heavy atom. The molecule has 1 aliphatic carbocycles. The third kappa shape index (κ3) is 7.37. The van der Waals surface area contributed by atoms with Crippen molar-refractivity contribution in [1.29, 1.82) is 0 Å². The molecule has 6 atom stereocenters. The maximum absolute atomic E-state index is 15.1. The molecule has 238 valence electrons. The average Bonchev–Trinajstić information content (AvgIpc) is 3.22. The number of hydrogen-bond donors (Lipinski definition) is 3. The number of piperidine rings is 2. The normalized spacial score (nSPS) is 27.7. The van der Waals surface area contributed by atoms with Crippen molar-refractivity contribution in [1.82, 2.24) is 20.9 Å². The van der Waals surface area contributed by atoms with Gasteiger partial charge in [-0.15, -0.1) is 0 Å². The summed E-state index contributed by atoms with van der Waals surface area (Å²) in [5.41, 5.74) is -1.35. The lowest BCUT2D eigenvalue weighted by Crippen LogP contribution is -2.71. The fourth-order valence-corrected chi connectivity index (χ4v) is 6.14. The number of alkyl halides is 5. The van der Waals surface area contributed by atoms with Gasteiger partial charge < -0.3 is 20.9 Å². The predicted molar refractivity (Wildman–Crippen MR) is 136 cm³/mol. The van der Waals surface area contributed by atoms with Crippen molar-refractivity contribution in [2.24, 2.45) is 17.3 Å². The number of halogens is 6. The van der Waals surface area contributed by atoms with Gasteiger partial charge in [-0.2, -0.15) is 17.6 Å². The zero-order valence-corrected chi connectivity index (χ0v) is 24.2. The number of carbonyl (C=O) groups excluding carboxylic acids is 4. The van der Waals surface area contributed by atoms with E-state index in [0.29, 0.717) is 12.3 Å². The van der Waals surface area contributed by atoms with Gasteiger partial charge in [0.15, 0.2) is 0 Å². The summed E-state index contributed by atoms with van der Waals surface area (Å²) in [6, 6.07) is -6.56. The van der Waals surface area contributed by atoms with Crippen molar-refractivity contribution in [3.63, 3.8) is 0 Å². The van der Waals surface area contributed by atoms with Crippen LogP contribution >= 0.6 is 0 Å². The van der Waals surface area contributed by atoms with Crippen molar-refractivity contribution < 1.29 is 53.9 Å². The highest BCUT2D eigenvalue weighted by Crippen LogP contribution is 2.49. The van der Waals surface area contributed by atoms with Gasteiger partial charge in [0.05, 0.1) is 12.0 Å². The van der Waals surface area contributed by atoms with Gasteiger partial charge in [-0.3, -0.25) is 19.2 Å². The van der Waals surface area contributed by atoms with Crippen LogP contribution in [-0.4, -0.2) is 86.0 Å². The lowest BCUT2D eigenvalue weighted by Gasteiger charge is -2.55. The molecule has 0 aromatic heterocycles. The summed E-state index contributed by atoms with van der Waals surface area (Å²) in [7, 11) is -4.38. The Morgan fingerprint density at radius 3 is 2.21 bits per heavy atom. The van der Waals surface area contributed by atoms with E-state index in [0.717, 1.165) is 4.90 Å². The second-order valence-corrected chi connectivity index (χ2v) is 14.1. The van der Waals surface area contributed by atoms with Crippen molar-refractivity contribution >= 4 is 33.5 Å². The zero-order chi connectivity index (χ0) is 32.0. The van der Waals surface area contributed by atoms with Crippen LogP contribution in [0.4, 0.5) is 26.3 Å². The first-order chi connectivity index (χ1) is 19.0. The molecule has 2 bridgehead atoms. The van der Waals surface area contributed by atoms with Crippen molar-refractivity contribution in [2.75, 3.05) is 12.8 Å². The summed E-state index contributed by atoms with van der Waals surface area (Å²) in [5.74, 6) is -11.3. The second-order valence-electron chi connectivity index (χ2n) is 12.1. The first-order valence-electron chi connectivity index (χ1n) is 13.3. The minimum atomic E-state index is -5.36. The number of fused-ring (bicyclic) bond motifs is 3. The minimum Gasteiger partial charge on any atom is -0.356 e. The molecule has 0 spiro atoms. The van der Waals surface area contributed by atoms with Crippen LogP contribution in [0.25, 0.3) is 0 Å². The molecule has 1 saturated carbocycles. The Labute approximate surface area is 238 Å². The summed E-state index contributed by atoms with van der Waals surface area (Å²) < 4.78 is 107. The van der Waals surface area contributed by atoms with Crippen LogP contribution in [0.1, 0.15) is 52.9 Å². The highest BCUT2D eigenvalue weighted by atomic mass is 32.2. The average molecular weight is 633 g/mol. The maximum atomic E-state index is 15.1. The molecule has 0 unspecified atom stereocenters. The SMILES string of the molecule is CC(C)(C)[C@H](NC(=O)C(F)(F)F)C(=O)N1[C@H]2CC[C@@H]([C@@H]1C(=O)N[C@@H](/C=C(/F)S(C)(=O)=O)C[C@@H]1CCNC1=O)C(F)(F)C2. The molecule has 10 nitrogen and oxygen atoms in total. The molecule has 3 aliphatic heterocycles. The number of nitrogens with zero attached hydrogens (tertiary/aromatic N) is 1. The first-order valence-corrected chi connectivity index (χ1v) is 15.2. The zero-order valence-electron chi connectivity index (χ0n) is 23.4. The lowest BCUT2D eigenvalue weighted by atomic mass is 9.70. The molecule has 0 aromatic carbocycles. The molecule has 3 heterocycles. The van der Waals surface area contributed by atoms with E-state index in [1.54, 1.807) is 5.32 Å². The van der Waals surface area contributed by atoms with Gasteiger partial charge in [0, 0.05) is 31.2 Å². The molecule has 42 heavy (non-hydrogen) atoms. The fraction of sp³-hybridized carbons (Fsp3) is 0.760. The number of sulfone groups is 1. The van der Waals surface area contributed by atoms with Crippen molar-refractivity contribution in [3.8, 4) is 0 Å². The Morgan fingerprint density at radius 2 is 1.74 bits per heavy atom. The van der Waals surface area contributed by atoms with Gasteiger partial charge >= 0.3 is 12.1 Å². The van der Waals surface area contributed by atoms with Gasteiger partial charge in [0.2, 0.25) is 32.7 Å². The topological polar surface area (TPSA) is 142 Å². The third-order valence-corrected chi connectivity index (χ3v) is 8.66. The molecule has 0 aromatic rings. The minimum absolute atomic E-state index is 0.00808. The van der Waals surface area contributed by atoms with Crippen molar-refractivity contribution in [2.45, 2.75) is 89.1 Å². The number of carbonyl (C=O) groups is 4. The van der Waals surface area contributed by atoms with Gasteiger partial charge in [-0.05, 0) is 37.2 Å².